The molecule has 1 aromatic rings. The van der Waals surface area contributed by atoms with Crippen molar-refractivity contribution in [2.45, 2.75) is 59.3 Å². The molecule has 0 aliphatic carbocycles. The minimum Gasteiger partial charge on any atom is -0.466 e. The SMILES string of the molecule is CCCCCCNC(=O)C1CCCN(C(=O)c2cc(C)oc2C)C1. The van der Waals surface area contributed by atoms with Crippen LogP contribution in [0.5, 0.6) is 0 Å². The van der Waals surface area contributed by atoms with Gasteiger partial charge in [-0.2, -0.15) is 0 Å². The average Bonchev–Trinajstić information content (AvgIpc) is 2.92. The summed E-state index contributed by atoms with van der Waals surface area (Å²) >= 11 is 0. The van der Waals surface area contributed by atoms with Gasteiger partial charge in [-0.05, 0) is 39.2 Å². The summed E-state index contributed by atoms with van der Waals surface area (Å²) in [6, 6.07) is 1.79. The molecule has 1 aliphatic rings. The molecular weight excluding hydrogens is 304 g/mol. The van der Waals surface area contributed by atoms with E-state index in [0.29, 0.717) is 24.4 Å². The fourth-order valence-corrected chi connectivity index (χ4v) is 3.30. The third-order valence-corrected chi connectivity index (χ3v) is 4.68. The van der Waals surface area contributed by atoms with Crippen LogP contribution in [0.4, 0.5) is 0 Å². The zero-order valence-electron chi connectivity index (χ0n) is 15.2. The van der Waals surface area contributed by atoms with Crippen LogP contribution in [0.15, 0.2) is 10.5 Å². The van der Waals surface area contributed by atoms with Crippen LogP contribution in [0, 0.1) is 19.8 Å². The van der Waals surface area contributed by atoms with E-state index in [1.165, 1.54) is 12.8 Å². The highest BCUT2D eigenvalue weighted by molar-refractivity contribution is 5.95. The smallest absolute Gasteiger partial charge is 0.257 e. The van der Waals surface area contributed by atoms with Crippen LogP contribution >= 0.6 is 0 Å². The molecule has 1 fully saturated rings. The Bertz CT molecular complexity index is 565. The Labute approximate surface area is 144 Å². The van der Waals surface area contributed by atoms with Gasteiger partial charge in [0.2, 0.25) is 5.91 Å². The molecule has 2 amide bonds. The van der Waals surface area contributed by atoms with Gasteiger partial charge >= 0.3 is 0 Å². The maximum absolute atomic E-state index is 12.7. The van der Waals surface area contributed by atoms with E-state index in [0.717, 1.165) is 38.0 Å². The van der Waals surface area contributed by atoms with E-state index in [1.54, 1.807) is 11.0 Å². The van der Waals surface area contributed by atoms with Gasteiger partial charge in [0.15, 0.2) is 0 Å². The van der Waals surface area contributed by atoms with Crippen LogP contribution in [-0.2, 0) is 4.79 Å². The molecule has 1 saturated heterocycles. The molecule has 0 aromatic carbocycles. The van der Waals surface area contributed by atoms with E-state index < -0.39 is 0 Å². The van der Waals surface area contributed by atoms with E-state index >= 15 is 0 Å². The van der Waals surface area contributed by atoms with Gasteiger partial charge in [-0.1, -0.05) is 26.2 Å². The number of piperidine rings is 1. The Balaban J connectivity index is 1.85. The molecule has 1 N–H and O–H groups in total. The number of unbranched alkanes of at least 4 members (excludes halogenated alkanes) is 3. The summed E-state index contributed by atoms with van der Waals surface area (Å²) < 4.78 is 5.46. The summed E-state index contributed by atoms with van der Waals surface area (Å²) in [6.45, 7) is 7.78. The molecule has 0 saturated carbocycles. The van der Waals surface area contributed by atoms with Gasteiger partial charge in [0.1, 0.15) is 11.5 Å². The lowest BCUT2D eigenvalue weighted by Crippen LogP contribution is -2.45. The minimum absolute atomic E-state index is 0.0233. The molecule has 24 heavy (non-hydrogen) atoms. The van der Waals surface area contributed by atoms with Crippen molar-refractivity contribution in [3.63, 3.8) is 0 Å². The van der Waals surface area contributed by atoms with Gasteiger partial charge < -0.3 is 14.6 Å². The van der Waals surface area contributed by atoms with Crippen molar-refractivity contribution in [2.24, 2.45) is 5.92 Å². The summed E-state index contributed by atoms with van der Waals surface area (Å²) in [5.74, 6) is 1.37. The fraction of sp³-hybridized carbons (Fsp3) is 0.684. The third kappa shape index (κ3) is 4.86. The lowest BCUT2D eigenvalue weighted by Gasteiger charge is -2.32. The molecule has 0 bridgehead atoms. The standard InChI is InChI=1S/C19H30N2O3/c1-4-5-6-7-10-20-18(22)16-9-8-11-21(13-16)19(23)17-12-14(2)24-15(17)3/h12,16H,4-11,13H2,1-3H3,(H,20,22). The first-order valence-electron chi connectivity index (χ1n) is 9.17. The van der Waals surface area contributed by atoms with Gasteiger partial charge in [0, 0.05) is 19.6 Å². The van der Waals surface area contributed by atoms with E-state index in [2.05, 4.69) is 12.2 Å². The molecule has 1 unspecified atom stereocenters. The molecular formula is C19H30N2O3. The highest BCUT2D eigenvalue weighted by atomic mass is 16.3. The second kappa shape index (κ2) is 8.90. The second-order valence-electron chi connectivity index (χ2n) is 6.77. The van der Waals surface area contributed by atoms with E-state index in [9.17, 15) is 9.59 Å². The Hall–Kier alpha value is -1.78. The fourth-order valence-electron chi connectivity index (χ4n) is 3.30. The number of amides is 2. The largest absolute Gasteiger partial charge is 0.466 e. The van der Waals surface area contributed by atoms with Gasteiger partial charge in [-0.15, -0.1) is 0 Å². The van der Waals surface area contributed by atoms with E-state index in [1.807, 2.05) is 13.8 Å². The number of carbonyl (C=O) groups is 2. The zero-order valence-corrected chi connectivity index (χ0v) is 15.2. The van der Waals surface area contributed by atoms with Crippen molar-refractivity contribution in [1.29, 1.82) is 0 Å². The van der Waals surface area contributed by atoms with Crippen LogP contribution in [-0.4, -0.2) is 36.3 Å². The molecule has 0 spiro atoms. The summed E-state index contributed by atoms with van der Waals surface area (Å²) in [7, 11) is 0. The normalized spacial score (nSPS) is 17.8. The van der Waals surface area contributed by atoms with Gasteiger partial charge in [0.05, 0.1) is 11.5 Å². The topological polar surface area (TPSA) is 62.6 Å². The monoisotopic (exact) mass is 334 g/mol. The Morgan fingerprint density at radius 1 is 1.29 bits per heavy atom. The van der Waals surface area contributed by atoms with Gasteiger partial charge in [-0.3, -0.25) is 9.59 Å². The second-order valence-corrected chi connectivity index (χ2v) is 6.77. The van der Waals surface area contributed by atoms with Crippen LogP contribution < -0.4 is 5.32 Å². The molecule has 1 aliphatic heterocycles. The lowest BCUT2D eigenvalue weighted by atomic mass is 9.96. The average molecular weight is 334 g/mol. The maximum atomic E-state index is 12.7. The van der Waals surface area contributed by atoms with Crippen LogP contribution in [0.1, 0.15) is 67.3 Å². The van der Waals surface area contributed by atoms with Gasteiger partial charge in [0.25, 0.3) is 5.91 Å². The third-order valence-electron chi connectivity index (χ3n) is 4.68. The zero-order chi connectivity index (χ0) is 17.5. The van der Waals surface area contributed by atoms with Crippen LogP contribution in [0.3, 0.4) is 0 Å². The lowest BCUT2D eigenvalue weighted by molar-refractivity contribution is -0.126. The number of furan rings is 1. The minimum atomic E-state index is -0.0952. The predicted molar refractivity (Wildman–Crippen MR) is 94.0 cm³/mol. The summed E-state index contributed by atoms with van der Waals surface area (Å²) in [4.78, 5) is 26.8. The number of nitrogens with one attached hydrogen (secondary N) is 1. The molecule has 2 heterocycles. The van der Waals surface area contributed by atoms with Crippen molar-refractivity contribution in [2.75, 3.05) is 19.6 Å². The van der Waals surface area contributed by atoms with Crippen molar-refractivity contribution in [3.05, 3.63) is 23.2 Å². The number of hydrogen-bond acceptors (Lipinski definition) is 3. The summed E-state index contributed by atoms with van der Waals surface area (Å²) in [6.07, 6.45) is 6.32. The Morgan fingerprint density at radius 3 is 2.75 bits per heavy atom. The van der Waals surface area contributed by atoms with E-state index in [-0.39, 0.29) is 17.7 Å². The molecule has 5 heteroatoms. The van der Waals surface area contributed by atoms with Gasteiger partial charge in [-0.25, -0.2) is 0 Å². The molecule has 1 atom stereocenters. The number of hydrogen-bond donors (Lipinski definition) is 1. The van der Waals surface area contributed by atoms with Crippen molar-refractivity contribution in [3.8, 4) is 0 Å². The first kappa shape index (κ1) is 18.6. The maximum Gasteiger partial charge on any atom is 0.257 e. The van der Waals surface area contributed by atoms with E-state index in [4.69, 9.17) is 4.42 Å². The molecule has 134 valence electrons. The van der Waals surface area contributed by atoms with Crippen LogP contribution in [0.25, 0.3) is 0 Å². The quantitative estimate of drug-likeness (QED) is 0.777. The highest BCUT2D eigenvalue weighted by Crippen LogP contribution is 2.22. The molecule has 1 aromatic heterocycles. The number of carbonyl (C=O) groups excluding carboxylic acids is 2. The number of aryl methyl sites for hydroxylation is 2. The molecule has 0 radical (unpaired) electrons. The van der Waals surface area contributed by atoms with Crippen molar-refractivity contribution < 1.29 is 14.0 Å². The summed E-state index contributed by atoms with van der Waals surface area (Å²) in [5, 5.41) is 3.03. The number of rotatable bonds is 7. The predicted octanol–water partition coefficient (Wildman–Crippen LogP) is 3.45. The first-order chi connectivity index (χ1) is 11.5. The Morgan fingerprint density at radius 2 is 2.08 bits per heavy atom. The highest BCUT2D eigenvalue weighted by Gasteiger charge is 2.30. The van der Waals surface area contributed by atoms with Crippen molar-refractivity contribution in [1.82, 2.24) is 10.2 Å². The summed E-state index contributed by atoms with van der Waals surface area (Å²) in [5.41, 5.74) is 0.619. The number of nitrogens with zero attached hydrogens (tertiary/aromatic N) is 1. The van der Waals surface area contributed by atoms with Crippen molar-refractivity contribution >= 4 is 11.8 Å². The molecule has 2 rings (SSSR count). The Kier molecular flexibility index (Phi) is 6.88. The molecule has 5 nitrogen and oxygen atoms in total. The number of likely N-dealkylation sites (tertiary alicyclic amines) is 1. The van der Waals surface area contributed by atoms with Crippen LogP contribution in [0.2, 0.25) is 0 Å². The first-order valence-corrected chi connectivity index (χ1v) is 9.17.